The minimum atomic E-state index is -0.398. The van der Waals surface area contributed by atoms with E-state index in [9.17, 15) is 4.79 Å². The Kier molecular flexibility index (Phi) is 4.41. The highest BCUT2D eigenvalue weighted by molar-refractivity contribution is 7.99. The molecule has 0 saturated carbocycles. The molecule has 1 amide bonds. The second kappa shape index (κ2) is 6.05. The molecular formula is C11H11ClN4O2S. The summed E-state index contributed by atoms with van der Waals surface area (Å²) in [4.78, 5) is 24.4. The highest BCUT2D eigenvalue weighted by Gasteiger charge is 2.12. The lowest BCUT2D eigenvalue weighted by Gasteiger charge is -2.06. The van der Waals surface area contributed by atoms with Crippen molar-refractivity contribution in [3.63, 3.8) is 0 Å². The van der Waals surface area contributed by atoms with E-state index in [2.05, 4.69) is 20.3 Å². The number of halogens is 1. The van der Waals surface area contributed by atoms with Gasteiger partial charge in [0, 0.05) is 25.6 Å². The quantitative estimate of drug-likeness (QED) is 0.873. The Morgan fingerprint density at radius 2 is 2.32 bits per heavy atom. The van der Waals surface area contributed by atoms with E-state index in [4.69, 9.17) is 11.6 Å². The summed E-state index contributed by atoms with van der Waals surface area (Å²) >= 11 is 7.43. The number of imidazole rings is 1. The van der Waals surface area contributed by atoms with Gasteiger partial charge in [-0.1, -0.05) is 11.6 Å². The highest BCUT2D eigenvalue weighted by Crippen LogP contribution is 2.30. The lowest BCUT2D eigenvalue weighted by atomic mass is 10.3. The van der Waals surface area contributed by atoms with Gasteiger partial charge in [-0.3, -0.25) is 9.63 Å². The average molecular weight is 299 g/mol. The molecule has 2 heterocycles. The Morgan fingerprint density at radius 1 is 1.53 bits per heavy atom. The molecule has 2 aromatic rings. The fourth-order valence-electron chi connectivity index (χ4n) is 1.31. The van der Waals surface area contributed by atoms with E-state index in [0.29, 0.717) is 15.6 Å². The molecule has 0 aliphatic heterocycles. The van der Waals surface area contributed by atoms with E-state index in [1.165, 1.54) is 31.1 Å². The number of aromatic nitrogens is 3. The molecule has 100 valence electrons. The lowest BCUT2D eigenvalue weighted by molar-refractivity contribution is 0.0537. The van der Waals surface area contributed by atoms with Crippen LogP contribution in [0.4, 0.5) is 0 Å². The first-order valence-corrected chi connectivity index (χ1v) is 6.45. The largest absolute Gasteiger partial charge is 0.329 e. The minimum absolute atomic E-state index is 0.330. The van der Waals surface area contributed by atoms with Gasteiger partial charge >= 0.3 is 0 Å². The van der Waals surface area contributed by atoms with Crippen LogP contribution < -0.4 is 5.48 Å². The molecule has 0 fully saturated rings. The molecule has 0 aromatic carbocycles. The molecule has 0 saturated heterocycles. The summed E-state index contributed by atoms with van der Waals surface area (Å²) in [7, 11) is 3.24. The van der Waals surface area contributed by atoms with Crippen molar-refractivity contribution in [3.05, 3.63) is 35.2 Å². The molecule has 0 aliphatic rings. The van der Waals surface area contributed by atoms with Crippen LogP contribution in [0, 0.1) is 0 Å². The van der Waals surface area contributed by atoms with Gasteiger partial charge in [0.25, 0.3) is 5.91 Å². The second-order valence-electron chi connectivity index (χ2n) is 3.57. The zero-order chi connectivity index (χ0) is 13.8. The first-order valence-electron chi connectivity index (χ1n) is 5.26. The second-order valence-corrected chi connectivity index (χ2v) is 4.93. The molecule has 1 N–H and O–H groups in total. The zero-order valence-electron chi connectivity index (χ0n) is 10.3. The lowest BCUT2D eigenvalue weighted by Crippen LogP contribution is -2.21. The number of nitrogens with zero attached hydrogens (tertiary/aromatic N) is 3. The number of nitrogens with one attached hydrogen (secondary N) is 1. The van der Waals surface area contributed by atoms with Crippen molar-refractivity contribution in [2.24, 2.45) is 7.05 Å². The van der Waals surface area contributed by atoms with Crippen LogP contribution in [0.3, 0.4) is 0 Å². The van der Waals surface area contributed by atoms with Gasteiger partial charge in [0.2, 0.25) is 0 Å². The summed E-state index contributed by atoms with van der Waals surface area (Å²) in [5.41, 5.74) is 2.53. The number of hydroxylamine groups is 1. The third kappa shape index (κ3) is 3.25. The van der Waals surface area contributed by atoms with Crippen LogP contribution in [0.1, 0.15) is 10.4 Å². The smallest absolute Gasteiger partial charge is 0.276 e. The van der Waals surface area contributed by atoms with E-state index in [1.54, 1.807) is 6.20 Å². The van der Waals surface area contributed by atoms with Gasteiger partial charge in [-0.05, 0) is 17.8 Å². The topological polar surface area (TPSA) is 69.0 Å². The minimum Gasteiger partial charge on any atom is -0.329 e. The monoisotopic (exact) mass is 298 g/mol. The Bertz CT molecular complexity index is 602. The van der Waals surface area contributed by atoms with E-state index in [0.717, 1.165) is 5.16 Å². The molecule has 2 rings (SSSR count). The number of hydrogen-bond donors (Lipinski definition) is 1. The summed E-state index contributed by atoms with van der Waals surface area (Å²) in [5, 5.41) is 1.74. The van der Waals surface area contributed by atoms with E-state index in [-0.39, 0.29) is 0 Å². The van der Waals surface area contributed by atoms with Crippen LogP contribution in [0.25, 0.3) is 0 Å². The first kappa shape index (κ1) is 13.9. The average Bonchev–Trinajstić information content (AvgIpc) is 2.78. The van der Waals surface area contributed by atoms with Crippen LogP contribution in [-0.2, 0) is 11.9 Å². The van der Waals surface area contributed by atoms with E-state index >= 15 is 0 Å². The van der Waals surface area contributed by atoms with Crippen molar-refractivity contribution in [1.82, 2.24) is 20.0 Å². The van der Waals surface area contributed by atoms with Crippen molar-refractivity contribution in [3.8, 4) is 0 Å². The maximum Gasteiger partial charge on any atom is 0.276 e. The Hall–Kier alpha value is -1.57. The summed E-state index contributed by atoms with van der Waals surface area (Å²) in [6.07, 6.45) is 4.96. The Balaban J connectivity index is 2.20. The highest BCUT2D eigenvalue weighted by atomic mass is 35.5. The van der Waals surface area contributed by atoms with Gasteiger partial charge in [-0.2, -0.15) is 0 Å². The summed E-state index contributed by atoms with van der Waals surface area (Å²) in [6, 6.07) is 1.54. The Labute approximate surface area is 119 Å². The number of hydrogen-bond acceptors (Lipinski definition) is 5. The molecule has 0 radical (unpaired) electrons. The van der Waals surface area contributed by atoms with Crippen molar-refractivity contribution < 1.29 is 9.63 Å². The number of rotatable bonds is 4. The normalized spacial score (nSPS) is 10.5. The zero-order valence-corrected chi connectivity index (χ0v) is 11.8. The molecule has 0 bridgehead atoms. The third-order valence-electron chi connectivity index (χ3n) is 2.23. The molecule has 0 atom stereocenters. The molecule has 8 heteroatoms. The summed E-state index contributed by atoms with van der Waals surface area (Å²) in [6.45, 7) is 0. The van der Waals surface area contributed by atoms with Crippen molar-refractivity contribution >= 4 is 29.3 Å². The van der Waals surface area contributed by atoms with Gasteiger partial charge in [0.1, 0.15) is 5.03 Å². The Morgan fingerprint density at radius 3 is 2.89 bits per heavy atom. The summed E-state index contributed by atoms with van der Waals surface area (Å²) < 4.78 is 1.86. The van der Waals surface area contributed by atoms with E-state index < -0.39 is 5.91 Å². The predicted octanol–water partition coefficient (Wildman–Crippen LogP) is 1.91. The molecule has 0 aliphatic carbocycles. The van der Waals surface area contributed by atoms with Gasteiger partial charge in [0.05, 0.1) is 17.7 Å². The van der Waals surface area contributed by atoms with Gasteiger partial charge in [-0.25, -0.2) is 15.4 Å². The first-order chi connectivity index (χ1) is 9.11. The molecule has 0 spiro atoms. The maximum absolute atomic E-state index is 11.5. The number of carbonyl (C=O) groups excluding carboxylic acids is 1. The molecule has 19 heavy (non-hydrogen) atoms. The number of amides is 1. The molecular weight excluding hydrogens is 288 g/mol. The summed E-state index contributed by atoms with van der Waals surface area (Å²) in [5.74, 6) is -0.398. The number of pyridine rings is 1. The van der Waals surface area contributed by atoms with Crippen LogP contribution in [0.2, 0.25) is 5.02 Å². The van der Waals surface area contributed by atoms with Crippen LogP contribution >= 0.6 is 23.4 Å². The van der Waals surface area contributed by atoms with Gasteiger partial charge < -0.3 is 4.57 Å². The van der Waals surface area contributed by atoms with Crippen LogP contribution in [0.5, 0.6) is 0 Å². The standard InChI is InChI=1S/C11H11ClN4O2S/c1-16-4-3-13-11(16)19-10-8(12)5-7(6-14-10)9(17)15-18-2/h3-6H,1-2H3,(H,15,17). The van der Waals surface area contributed by atoms with Gasteiger partial charge in [-0.15, -0.1) is 0 Å². The predicted molar refractivity (Wildman–Crippen MR) is 71.1 cm³/mol. The van der Waals surface area contributed by atoms with Gasteiger partial charge in [0.15, 0.2) is 5.16 Å². The molecule has 6 nitrogen and oxygen atoms in total. The van der Waals surface area contributed by atoms with Crippen molar-refractivity contribution in [2.45, 2.75) is 10.2 Å². The number of aryl methyl sites for hydroxylation is 1. The van der Waals surface area contributed by atoms with Crippen LogP contribution in [-0.4, -0.2) is 27.6 Å². The van der Waals surface area contributed by atoms with E-state index in [1.807, 2.05) is 17.8 Å². The molecule has 0 unspecified atom stereocenters. The maximum atomic E-state index is 11.5. The van der Waals surface area contributed by atoms with Crippen LogP contribution in [0.15, 0.2) is 34.8 Å². The SMILES string of the molecule is CONC(=O)c1cnc(Sc2nccn2C)c(Cl)c1. The van der Waals surface area contributed by atoms with Crippen molar-refractivity contribution in [1.29, 1.82) is 0 Å². The fourth-order valence-corrected chi connectivity index (χ4v) is 2.35. The molecule has 2 aromatic heterocycles. The van der Waals surface area contributed by atoms with Crippen molar-refractivity contribution in [2.75, 3.05) is 7.11 Å². The number of carbonyl (C=O) groups is 1. The third-order valence-corrected chi connectivity index (χ3v) is 3.72. The fraction of sp³-hybridized carbons (Fsp3) is 0.182.